The third-order valence-corrected chi connectivity index (χ3v) is 7.60. The minimum Gasteiger partial charge on any atom is -0.354 e. The van der Waals surface area contributed by atoms with Gasteiger partial charge in [0.1, 0.15) is 6.04 Å². The monoisotopic (exact) mass is 487 g/mol. The summed E-state index contributed by atoms with van der Waals surface area (Å²) in [5.41, 5.74) is 1.83. The van der Waals surface area contributed by atoms with Crippen molar-refractivity contribution in [2.24, 2.45) is 5.92 Å². The van der Waals surface area contributed by atoms with Crippen molar-refractivity contribution in [3.63, 3.8) is 0 Å². The highest BCUT2D eigenvalue weighted by molar-refractivity contribution is 5.88. The van der Waals surface area contributed by atoms with Crippen LogP contribution in [0, 0.1) is 17.2 Å². The number of amides is 2. The molecule has 0 saturated carbocycles. The lowest BCUT2D eigenvalue weighted by molar-refractivity contribution is -0.138. The molecule has 1 heterocycles. The molecule has 1 unspecified atom stereocenters. The lowest BCUT2D eigenvalue weighted by Crippen LogP contribution is -2.46. The molecular weight excluding hydrogens is 446 g/mol. The lowest BCUT2D eigenvalue weighted by Gasteiger charge is -2.31. The second-order valence-electron chi connectivity index (χ2n) is 10.3. The number of carbonyl (C=O) groups is 2. The van der Waals surface area contributed by atoms with Crippen molar-refractivity contribution in [3.8, 4) is 6.07 Å². The van der Waals surface area contributed by atoms with E-state index in [0.717, 1.165) is 56.9 Å². The smallest absolute Gasteiger partial charge is 0.242 e. The van der Waals surface area contributed by atoms with Gasteiger partial charge in [-0.2, -0.15) is 5.26 Å². The summed E-state index contributed by atoms with van der Waals surface area (Å²) in [6, 6.07) is 22.6. The fourth-order valence-corrected chi connectivity index (χ4v) is 5.34. The summed E-state index contributed by atoms with van der Waals surface area (Å²) in [7, 11) is 0. The van der Waals surface area contributed by atoms with Gasteiger partial charge in [0, 0.05) is 19.5 Å². The minimum absolute atomic E-state index is 0.0204. The largest absolute Gasteiger partial charge is 0.354 e. The van der Waals surface area contributed by atoms with Crippen molar-refractivity contribution >= 4 is 11.8 Å². The second-order valence-corrected chi connectivity index (χ2v) is 10.3. The molecule has 1 fully saturated rings. The Morgan fingerprint density at radius 2 is 1.72 bits per heavy atom. The number of aryl methyl sites for hydroxylation is 1. The summed E-state index contributed by atoms with van der Waals surface area (Å²) in [6.07, 6.45) is 7.27. The number of nitrogens with zero attached hydrogens (tertiary/aromatic N) is 2. The van der Waals surface area contributed by atoms with Gasteiger partial charge in [-0.25, -0.2) is 0 Å². The van der Waals surface area contributed by atoms with Crippen LogP contribution in [-0.2, 0) is 21.4 Å². The molecule has 5 nitrogen and oxygen atoms in total. The first-order valence-corrected chi connectivity index (χ1v) is 13.6. The Morgan fingerprint density at radius 1 is 1.03 bits per heavy atom. The van der Waals surface area contributed by atoms with Gasteiger partial charge in [0.15, 0.2) is 0 Å². The van der Waals surface area contributed by atoms with Gasteiger partial charge in [0.2, 0.25) is 11.8 Å². The molecule has 2 amide bonds. The van der Waals surface area contributed by atoms with Gasteiger partial charge in [-0.1, -0.05) is 80.9 Å². The van der Waals surface area contributed by atoms with E-state index in [9.17, 15) is 14.9 Å². The fraction of sp³-hybridized carbons (Fsp3) is 0.516. The summed E-state index contributed by atoms with van der Waals surface area (Å²) in [5, 5.41) is 13.1. The molecule has 0 radical (unpaired) electrons. The molecule has 1 aliphatic heterocycles. The number of unbranched alkanes of at least 4 members (excludes halogenated alkanes) is 2. The maximum Gasteiger partial charge on any atom is 0.242 e. The van der Waals surface area contributed by atoms with Gasteiger partial charge in [0.05, 0.1) is 11.5 Å². The predicted molar refractivity (Wildman–Crippen MR) is 144 cm³/mol. The summed E-state index contributed by atoms with van der Waals surface area (Å²) < 4.78 is 0. The van der Waals surface area contributed by atoms with Gasteiger partial charge in [-0.3, -0.25) is 9.59 Å². The molecule has 1 aliphatic rings. The van der Waals surface area contributed by atoms with Crippen molar-refractivity contribution in [2.75, 3.05) is 13.1 Å². The van der Waals surface area contributed by atoms with E-state index in [2.05, 4.69) is 49.5 Å². The molecule has 1 saturated heterocycles. The number of benzene rings is 2. The SMILES string of the molecule is CC(C)C(C#N)(CCCCC(=O)N1CCC[C@@H]1C(=O)NCCCCc1ccccc1)c1ccccc1. The fourth-order valence-electron chi connectivity index (χ4n) is 5.34. The molecule has 5 heteroatoms. The van der Waals surface area contributed by atoms with E-state index in [0.29, 0.717) is 19.5 Å². The minimum atomic E-state index is -0.541. The lowest BCUT2D eigenvalue weighted by atomic mass is 9.69. The average Bonchev–Trinajstić information content (AvgIpc) is 3.40. The topological polar surface area (TPSA) is 73.2 Å². The van der Waals surface area contributed by atoms with Gasteiger partial charge < -0.3 is 10.2 Å². The first kappa shape index (κ1) is 27.5. The summed E-state index contributed by atoms with van der Waals surface area (Å²) >= 11 is 0. The Kier molecular flexibility index (Phi) is 10.5. The number of rotatable bonds is 13. The maximum atomic E-state index is 13.0. The molecule has 192 valence electrons. The second kappa shape index (κ2) is 13.8. The molecule has 1 N–H and O–H groups in total. The van der Waals surface area contributed by atoms with E-state index in [4.69, 9.17) is 0 Å². The van der Waals surface area contributed by atoms with Crippen LogP contribution in [0.25, 0.3) is 0 Å². The van der Waals surface area contributed by atoms with Gasteiger partial charge >= 0.3 is 0 Å². The van der Waals surface area contributed by atoms with Crippen LogP contribution in [0.3, 0.4) is 0 Å². The zero-order chi connectivity index (χ0) is 25.8. The van der Waals surface area contributed by atoms with Crippen molar-refractivity contribution in [2.45, 2.75) is 83.1 Å². The highest BCUT2D eigenvalue weighted by atomic mass is 16.2. The average molecular weight is 488 g/mol. The van der Waals surface area contributed by atoms with Crippen LogP contribution >= 0.6 is 0 Å². The Balaban J connectivity index is 1.41. The number of hydrogen-bond donors (Lipinski definition) is 1. The van der Waals surface area contributed by atoms with Crippen molar-refractivity contribution < 1.29 is 9.59 Å². The summed E-state index contributed by atoms with van der Waals surface area (Å²) in [5.74, 6) is 0.219. The van der Waals surface area contributed by atoms with Crippen LogP contribution in [0.15, 0.2) is 60.7 Å². The van der Waals surface area contributed by atoms with Crippen molar-refractivity contribution in [1.29, 1.82) is 5.26 Å². The van der Waals surface area contributed by atoms with E-state index >= 15 is 0 Å². The number of hydrogen-bond acceptors (Lipinski definition) is 3. The molecule has 3 rings (SSSR count). The van der Waals surface area contributed by atoms with Crippen molar-refractivity contribution in [3.05, 3.63) is 71.8 Å². The first-order chi connectivity index (χ1) is 17.5. The molecule has 2 aromatic rings. The maximum absolute atomic E-state index is 13.0. The van der Waals surface area contributed by atoms with Crippen LogP contribution in [-0.4, -0.2) is 35.8 Å². The quantitative estimate of drug-likeness (QED) is 0.363. The Labute approximate surface area is 216 Å². The number of likely N-dealkylation sites (tertiary alicyclic amines) is 1. The Hall–Kier alpha value is -3.13. The Morgan fingerprint density at radius 3 is 2.39 bits per heavy atom. The standard InChI is InChI=1S/C31H41N3O2/c1-25(2)31(24-32,27-17-7-4-8-18-27)21-11-9-20-29(35)34-23-13-19-28(34)30(36)33-22-12-10-16-26-14-5-3-6-15-26/h3-8,14-15,17-18,25,28H,9-13,16,19-23H2,1-2H3,(H,33,36)/t28-,31?/m1/s1. The number of carbonyl (C=O) groups excluding carboxylic acids is 2. The van der Waals surface area contributed by atoms with E-state index in [1.165, 1.54) is 5.56 Å². The molecule has 2 atom stereocenters. The zero-order valence-corrected chi connectivity index (χ0v) is 21.9. The molecular formula is C31H41N3O2. The summed E-state index contributed by atoms with van der Waals surface area (Å²) in [4.78, 5) is 27.5. The van der Waals surface area contributed by atoms with E-state index in [1.807, 2.05) is 36.4 Å². The first-order valence-electron chi connectivity index (χ1n) is 13.6. The van der Waals surface area contributed by atoms with E-state index < -0.39 is 5.41 Å². The van der Waals surface area contributed by atoms with Crippen LogP contribution in [0.5, 0.6) is 0 Å². The van der Waals surface area contributed by atoms with E-state index in [1.54, 1.807) is 4.90 Å². The molecule has 0 aromatic heterocycles. The third-order valence-electron chi connectivity index (χ3n) is 7.60. The van der Waals surface area contributed by atoms with Crippen LogP contribution < -0.4 is 5.32 Å². The molecule has 2 aromatic carbocycles. The van der Waals surface area contributed by atoms with Gasteiger partial charge in [-0.05, 0) is 62.0 Å². The highest BCUT2D eigenvalue weighted by Crippen LogP contribution is 2.37. The van der Waals surface area contributed by atoms with Gasteiger partial charge in [-0.15, -0.1) is 0 Å². The predicted octanol–water partition coefficient (Wildman–Crippen LogP) is 5.79. The summed E-state index contributed by atoms with van der Waals surface area (Å²) in [6.45, 7) is 5.49. The number of nitrogens with one attached hydrogen (secondary N) is 1. The van der Waals surface area contributed by atoms with Crippen LogP contribution in [0.2, 0.25) is 0 Å². The van der Waals surface area contributed by atoms with Crippen LogP contribution in [0.1, 0.15) is 76.3 Å². The van der Waals surface area contributed by atoms with Crippen LogP contribution in [0.4, 0.5) is 0 Å². The van der Waals surface area contributed by atoms with Crippen molar-refractivity contribution in [1.82, 2.24) is 10.2 Å². The highest BCUT2D eigenvalue weighted by Gasteiger charge is 2.36. The number of nitriles is 1. The molecule has 0 spiro atoms. The normalized spacial score (nSPS) is 16.9. The molecule has 36 heavy (non-hydrogen) atoms. The van der Waals surface area contributed by atoms with E-state index in [-0.39, 0.29) is 23.8 Å². The van der Waals surface area contributed by atoms with Gasteiger partial charge in [0.25, 0.3) is 0 Å². The Bertz CT molecular complexity index is 999. The third kappa shape index (κ3) is 7.20. The molecule has 0 bridgehead atoms. The zero-order valence-electron chi connectivity index (χ0n) is 21.9. The molecule has 0 aliphatic carbocycles.